The van der Waals surface area contributed by atoms with Gasteiger partial charge in [0, 0.05) is 0 Å². The molecule has 0 aliphatic carbocycles. The predicted molar refractivity (Wildman–Crippen MR) is 63.4 cm³/mol. The second kappa shape index (κ2) is 4.65. The lowest BCUT2D eigenvalue weighted by atomic mass is 9.64. The van der Waals surface area contributed by atoms with Crippen molar-refractivity contribution in [2.45, 2.75) is 47.5 Å². The standard InChI is InChI=1S/C13H27N/c1-10(2)8-13(5)6-7-14-9-12(13)11(3)4/h10-12,14H,6-9H2,1-5H3. The van der Waals surface area contributed by atoms with E-state index in [1.807, 2.05) is 0 Å². The highest BCUT2D eigenvalue weighted by molar-refractivity contribution is 4.90. The van der Waals surface area contributed by atoms with Crippen LogP contribution < -0.4 is 5.32 Å². The summed E-state index contributed by atoms with van der Waals surface area (Å²) >= 11 is 0. The largest absolute Gasteiger partial charge is 0.316 e. The van der Waals surface area contributed by atoms with Gasteiger partial charge in [-0.1, -0.05) is 34.6 Å². The molecule has 0 amide bonds. The van der Waals surface area contributed by atoms with Crippen LogP contribution in [-0.4, -0.2) is 13.1 Å². The number of nitrogens with one attached hydrogen (secondary N) is 1. The van der Waals surface area contributed by atoms with Gasteiger partial charge in [0.15, 0.2) is 0 Å². The van der Waals surface area contributed by atoms with Gasteiger partial charge in [-0.3, -0.25) is 0 Å². The van der Waals surface area contributed by atoms with Crippen LogP contribution in [-0.2, 0) is 0 Å². The zero-order valence-corrected chi connectivity index (χ0v) is 10.6. The molecule has 84 valence electrons. The summed E-state index contributed by atoms with van der Waals surface area (Å²) in [5, 5.41) is 3.54. The van der Waals surface area contributed by atoms with Gasteiger partial charge in [0.05, 0.1) is 0 Å². The summed E-state index contributed by atoms with van der Waals surface area (Å²) in [4.78, 5) is 0. The van der Waals surface area contributed by atoms with Crippen molar-refractivity contribution in [2.24, 2.45) is 23.2 Å². The first-order chi connectivity index (χ1) is 6.46. The molecule has 0 aromatic heterocycles. The summed E-state index contributed by atoms with van der Waals surface area (Å²) in [7, 11) is 0. The van der Waals surface area contributed by atoms with Gasteiger partial charge in [-0.15, -0.1) is 0 Å². The molecule has 1 N–H and O–H groups in total. The quantitative estimate of drug-likeness (QED) is 0.732. The monoisotopic (exact) mass is 197 g/mol. The summed E-state index contributed by atoms with van der Waals surface area (Å²) < 4.78 is 0. The first-order valence-corrected chi connectivity index (χ1v) is 6.16. The molecule has 1 heterocycles. The molecular formula is C13H27N. The molecule has 14 heavy (non-hydrogen) atoms. The smallest absolute Gasteiger partial charge is 0.00128 e. The Hall–Kier alpha value is -0.0400. The van der Waals surface area contributed by atoms with E-state index in [0.717, 1.165) is 17.8 Å². The van der Waals surface area contributed by atoms with Crippen LogP contribution in [0, 0.1) is 23.2 Å². The number of hydrogen-bond donors (Lipinski definition) is 1. The van der Waals surface area contributed by atoms with Crippen LogP contribution in [0.25, 0.3) is 0 Å². The average Bonchev–Trinajstić information content (AvgIpc) is 2.01. The van der Waals surface area contributed by atoms with E-state index < -0.39 is 0 Å². The van der Waals surface area contributed by atoms with Crippen molar-refractivity contribution >= 4 is 0 Å². The fraction of sp³-hybridized carbons (Fsp3) is 1.00. The maximum absolute atomic E-state index is 3.54. The van der Waals surface area contributed by atoms with Crippen molar-refractivity contribution in [1.29, 1.82) is 0 Å². The molecule has 1 nitrogen and oxygen atoms in total. The molecule has 0 radical (unpaired) electrons. The minimum absolute atomic E-state index is 0.577. The van der Waals surface area contributed by atoms with Gasteiger partial charge in [0.2, 0.25) is 0 Å². The van der Waals surface area contributed by atoms with Gasteiger partial charge in [-0.2, -0.15) is 0 Å². The molecule has 0 saturated carbocycles. The van der Waals surface area contributed by atoms with Crippen molar-refractivity contribution in [3.8, 4) is 0 Å². The van der Waals surface area contributed by atoms with Gasteiger partial charge >= 0.3 is 0 Å². The Morgan fingerprint density at radius 2 is 1.93 bits per heavy atom. The molecule has 0 aromatic carbocycles. The van der Waals surface area contributed by atoms with Gasteiger partial charge in [0.25, 0.3) is 0 Å². The summed E-state index contributed by atoms with van der Waals surface area (Å²) in [6.45, 7) is 14.4. The zero-order valence-electron chi connectivity index (χ0n) is 10.6. The summed E-state index contributed by atoms with van der Waals surface area (Å²) in [5.41, 5.74) is 0.577. The SMILES string of the molecule is CC(C)CC1(C)CCNCC1C(C)C. The minimum atomic E-state index is 0.577. The summed E-state index contributed by atoms with van der Waals surface area (Å²) in [6, 6.07) is 0. The van der Waals surface area contributed by atoms with Crippen molar-refractivity contribution in [1.82, 2.24) is 5.32 Å². The van der Waals surface area contributed by atoms with Crippen LogP contribution in [0.5, 0.6) is 0 Å². The van der Waals surface area contributed by atoms with Gasteiger partial charge in [-0.25, -0.2) is 0 Å². The van der Waals surface area contributed by atoms with E-state index in [2.05, 4.69) is 39.9 Å². The van der Waals surface area contributed by atoms with Crippen molar-refractivity contribution in [3.63, 3.8) is 0 Å². The second-order valence-electron chi connectivity index (χ2n) is 6.06. The molecule has 1 aliphatic heterocycles. The number of piperidine rings is 1. The lowest BCUT2D eigenvalue weighted by molar-refractivity contribution is 0.0669. The van der Waals surface area contributed by atoms with Crippen LogP contribution in [0.15, 0.2) is 0 Å². The first kappa shape index (κ1) is 12.0. The lowest BCUT2D eigenvalue weighted by Crippen LogP contribution is -2.46. The fourth-order valence-corrected chi connectivity index (χ4v) is 3.29. The lowest BCUT2D eigenvalue weighted by Gasteiger charge is -2.45. The molecule has 0 bridgehead atoms. The van der Waals surface area contributed by atoms with E-state index in [-0.39, 0.29) is 0 Å². The van der Waals surface area contributed by atoms with E-state index in [1.54, 1.807) is 0 Å². The molecule has 0 aromatic rings. The minimum Gasteiger partial charge on any atom is -0.316 e. The Kier molecular flexibility index (Phi) is 4.00. The summed E-state index contributed by atoms with van der Waals surface area (Å²) in [6.07, 6.45) is 2.74. The van der Waals surface area contributed by atoms with Gasteiger partial charge in [0.1, 0.15) is 0 Å². The Morgan fingerprint density at radius 3 is 2.43 bits per heavy atom. The van der Waals surface area contributed by atoms with Crippen LogP contribution in [0.1, 0.15) is 47.5 Å². The summed E-state index contributed by atoms with van der Waals surface area (Å²) in [5.74, 6) is 2.50. The highest BCUT2D eigenvalue weighted by atomic mass is 14.9. The Labute approximate surface area is 89.7 Å². The van der Waals surface area contributed by atoms with Gasteiger partial charge in [-0.05, 0) is 49.1 Å². The third kappa shape index (κ3) is 2.73. The van der Waals surface area contributed by atoms with E-state index >= 15 is 0 Å². The fourth-order valence-electron chi connectivity index (χ4n) is 3.29. The van der Waals surface area contributed by atoms with E-state index in [1.165, 1.54) is 25.9 Å². The Morgan fingerprint density at radius 1 is 1.29 bits per heavy atom. The van der Waals surface area contributed by atoms with E-state index in [4.69, 9.17) is 0 Å². The van der Waals surface area contributed by atoms with Crippen molar-refractivity contribution in [3.05, 3.63) is 0 Å². The molecule has 0 spiro atoms. The van der Waals surface area contributed by atoms with Gasteiger partial charge < -0.3 is 5.32 Å². The molecule has 1 fully saturated rings. The van der Waals surface area contributed by atoms with Crippen LogP contribution >= 0.6 is 0 Å². The number of rotatable bonds is 3. The van der Waals surface area contributed by atoms with Crippen molar-refractivity contribution < 1.29 is 0 Å². The van der Waals surface area contributed by atoms with Crippen LogP contribution in [0.4, 0.5) is 0 Å². The normalized spacial score (nSPS) is 34.1. The zero-order chi connectivity index (χ0) is 10.8. The topological polar surface area (TPSA) is 12.0 Å². The molecule has 1 rings (SSSR count). The Balaban J connectivity index is 2.69. The highest BCUT2D eigenvalue weighted by Crippen LogP contribution is 2.42. The second-order valence-corrected chi connectivity index (χ2v) is 6.06. The maximum Gasteiger partial charge on any atom is -0.00128 e. The third-order valence-electron chi connectivity index (χ3n) is 3.81. The molecular weight excluding hydrogens is 170 g/mol. The number of hydrogen-bond acceptors (Lipinski definition) is 1. The van der Waals surface area contributed by atoms with Crippen LogP contribution in [0.3, 0.4) is 0 Å². The molecule has 2 atom stereocenters. The van der Waals surface area contributed by atoms with E-state index in [9.17, 15) is 0 Å². The van der Waals surface area contributed by atoms with Crippen molar-refractivity contribution in [2.75, 3.05) is 13.1 Å². The highest BCUT2D eigenvalue weighted by Gasteiger charge is 2.38. The maximum atomic E-state index is 3.54. The predicted octanol–water partition coefficient (Wildman–Crippen LogP) is 3.30. The van der Waals surface area contributed by atoms with E-state index in [0.29, 0.717) is 5.41 Å². The molecule has 1 heteroatoms. The average molecular weight is 197 g/mol. The molecule has 2 unspecified atom stereocenters. The molecule has 1 aliphatic rings. The Bertz CT molecular complexity index is 174. The third-order valence-corrected chi connectivity index (χ3v) is 3.81. The van der Waals surface area contributed by atoms with Crippen LogP contribution in [0.2, 0.25) is 0 Å². The molecule has 1 saturated heterocycles. The first-order valence-electron chi connectivity index (χ1n) is 6.16.